The highest BCUT2D eigenvalue weighted by atomic mass is 16.3. The summed E-state index contributed by atoms with van der Waals surface area (Å²) >= 11 is 0. The van der Waals surface area contributed by atoms with E-state index in [1.54, 1.807) is 17.4 Å². The lowest BCUT2D eigenvalue weighted by Gasteiger charge is -2.40. The third-order valence-corrected chi connectivity index (χ3v) is 5.29. The van der Waals surface area contributed by atoms with Crippen LogP contribution in [0.2, 0.25) is 0 Å². The number of piperidine rings is 1. The number of carbonyl (C=O) groups excluding carboxylic acids is 1. The lowest BCUT2D eigenvalue weighted by molar-refractivity contribution is -0.160. The van der Waals surface area contributed by atoms with Gasteiger partial charge in [0.15, 0.2) is 5.60 Å². The van der Waals surface area contributed by atoms with E-state index in [0.29, 0.717) is 38.5 Å². The highest BCUT2D eigenvalue weighted by molar-refractivity contribution is 5.86. The maximum Gasteiger partial charge on any atom is 0.256 e. The minimum absolute atomic E-state index is 0.166. The van der Waals surface area contributed by atoms with Gasteiger partial charge in [0, 0.05) is 31.7 Å². The summed E-state index contributed by atoms with van der Waals surface area (Å²) in [6, 6.07) is 10.3. The van der Waals surface area contributed by atoms with Gasteiger partial charge in [0.2, 0.25) is 0 Å². The number of benzene rings is 1. The molecule has 0 bridgehead atoms. The van der Waals surface area contributed by atoms with Gasteiger partial charge in [-0.1, -0.05) is 38.1 Å². The first-order valence-electron chi connectivity index (χ1n) is 9.67. The van der Waals surface area contributed by atoms with Gasteiger partial charge in [-0.2, -0.15) is 0 Å². The molecule has 3 rings (SSSR count). The molecule has 27 heavy (non-hydrogen) atoms. The van der Waals surface area contributed by atoms with Crippen LogP contribution in [-0.4, -0.2) is 46.6 Å². The van der Waals surface area contributed by atoms with Gasteiger partial charge in [-0.15, -0.1) is 0 Å². The molecule has 2 heterocycles. The van der Waals surface area contributed by atoms with Crippen LogP contribution in [0.1, 0.15) is 49.3 Å². The van der Waals surface area contributed by atoms with Gasteiger partial charge in [0.25, 0.3) is 5.91 Å². The summed E-state index contributed by atoms with van der Waals surface area (Å²) in [5, 5.41) is 11.0. The molecule has 1 saturated heterocycles. The van der Waals surface area contributed by atoms with E-state index in [0.717, 1.165) is 17.5 Å². The largest absolute Gasteiger partial charge is 0.472 e. The van der Waals surface area contributed by atoms with E-state index < -0.39 is 5.60 Å². The van der Waals surface area contributed by atoms with Gasteiger partial charge in [-0.25, -0.2) is 0 Å². The molecule has 1 N–H and O–H groups in total. The van der Waals surface area contributed by atoms with Crippen molar-refractivity contribution in [2.45, 2.75) is 51.3 Å². The maximum atomic E-state index is 13.0. The van der Waals surface area contributed by atoms with E-state index in [1.807, 2.05) is 18.0 Å². The number of carbonyl (C=O) groups is 1. The molecule has 5 heteroatoms. The molecule has 1 aromatic carbocycles. The minimum atomic E-state index is -1.32. The Labute approximate surface area is 161 Å². The molecule has 2 aromatic rings. The standard InChI is InChI=1S/C22H30N2O3/c1-17(2)20-7-5-18(6-8-20)14-24-11-4-10-22(26,21(24)25)16-23(3)13-19-9-12-27-15-19/h5-9,12,15,17,26H,4,10-11,13-14,16H2,1-3H3/t22-/m1/s1. The molecule has 1 amide bonds. The molecular weight excluding hydrogens is 340 g/mol. The third-order valence-electron chi connectivity index (χ3n) is 5.29. The zero-order valence-electron chi connectivity index (χ0n) is 16.5. The highest BCUT2D eigenvalue weighted by Gasteiger charge is 2.42. The average Bonchev–Trinajstić information content (AvgIpc) is 3.12. The third kappa shape index (κ3) is 4.79. The fourth-order valence-electron chi connectivity index (χ4n) is 3.79. The van der Waals surface area contributed by atoms with Crippen LogP contribution in [0.5, 0.6) is 0 Å². The number of furan rings is 1. The summed E-state index contributed by atoms with van der Waals surface area (Å²) < 4.78 is 5.09. The van der Waals surface area contributed by atoms with Crippen LogP contribution >= 0.6 is 0 Å². The molecule has 0 saturated carbocycles. The first-order valence-corrected chi connectivity index (χ1v) is 9.67. The summed E-state index contributed by atoms with van der Waals surface area (Å²) in [5.74, 6) is 0.326. The molecule has 1 atom stereocenters. The molecule has 146 valence electrons. The number of hydrogen-bond acceptors (Lipinski definition) is 4. The number of nitrogens with zero attached hydrogens (tertiary/aromatic N) is 2. The van der Waals surface area contributed by atoms with E-state index in [1.165, 1.54) is 5.56 Å². The molecular formula is C22H30N2O3. The lowest BCUT2D eigenvalue weighted by Crippen LogP contribution is -2.57. The Morgan fingerprint density at radius 1 is 1.22 bits per heavy atom. The zero-order valence-corrected chi connectivity index (χ0v) is 16.5. The fraction of sp³-hybridized carbons (Fsp3) is 0.500. The molecule has 0 aliphatic carbocycles. The SMILES string of the molecule is CC(C)c1ccc(CN2CCC[C@@](O)(CN(C)Cc3ccoc3)C2=O)cc1. The fourth-order valence-corrected chi connectivity index (χ4v) is 3.79. The second kappa shape index (κ2) is 8.28. The number of likely N-dealkylation sites (tertiary alicyclic amines) is 1. The van der Waals surface area contributed by atoms with Crippen LogP contribution in [0.15, 0.2) is 47.3 Å². The number of hydrogen-bond donors (Lipinski definition) is 1. The Bertz CT molecular complexity index is 739. The van der Waals surface area contributed by atoms with Crippen molar-refractivity contribution in [3.63, 3.8) is 0 Å². The number of amides is 1. The summed E-state index contributed by atoms with van der Waals surface area (Å²) in [4.78, 5) is 16.8. The molecule has 1 aliphatic heterocycles. The second-order valence-electron chi connectivity index (χ2n) is 8.06. The van der Waals surface area contributed by atoms with Crippen molar-refractivity contribution >= 4 is 5.91 Å². The molecule has 5 nitrogen and oxygen atoms in total. The summed E-state index contributed by atoms with van der Waals surface area (Å²) in [6.07, 6.45) is 4.64. The van der Waals surface area contributed by atoms with Gasteiger partial charge in [0.1, 0.15) is 0 Å². The van der Waals surface area contributed by atoms with Crippen LogP contribution in [0.3, 0.4) is 0 Å². The number of likely N-dealkylation sites (N-methyl/N-ethyl adjacent to an activating group) is 1. The van der Waals surface area contributed by atoms with Crippen molar-refractivity contribution in [1.82, 2.24) is 9.80 Å². The number of rotatable bonds is 7. The molecule has 1 aliphatic rings. The Morgan fingerprint density at radius 3 is 2.59 bits per heavy atom. The van der Waals surface area contributed by atoms with E-state index in [-0.39, 0.29) is 5.91 Å². The van der Waals surface area contributed by atoms with Gasteiger partial charge in [0.05, 0.1) is 12.5 Å². The molecule has 1 fully saturated rings. The smallest absolute Gasteiger partial charge is 0.256 e. The first-order chi connectivity index (χ1) is 12.9. The average molecular weight is 370 g/mol. The zero-order chi connectivity index (χ0) is 19.4. The van der Waals surface area contributed by atoms with Crippen molar-refractivity contribution in [2.24, 2.45) is 0 Å². The van der Waals surface area contributed by atoms with Gasteiger partial charge in [-0.05, 0) is 43.0 Å². The van der Waals surface area contributed by atoms with Crippen LogP contribution in [0.25, 0.3) is 0 Å². The monoisotopic (exact) mass is 370 g/mol. The van der Waals surface area contributed by atoms with Crippen LogP contribution in [-0.2, 0) is 17.9 Å². The van der Waals surface area contributed by atoms with Gasteiger partial charge < -0.3 is 14.4 Å². The quantitative estimate of drug-likeness (QED) is 0.812. The van der Waals surface area contributed by atoms with Gasteiger partial charge >= 0.3 is 0 Å². The summed E-state index contributed by atoms with van der Waals surface area (Å²) in [5.41, 5.74) is 2.10. The Balaban J connectivity index is 1.63. The van der Waals surface area contributed by atoms with Gasteiger partial charge in [-0.3, -0.25) is 9.69 Å². The number of aliphatic hydroxyl groups is 1. The van der Waals surface area contributed by atoms with E-state index in [4.69, 9.17) is 4.42 Å². The minimum Gasteiger partial charge on any atom is -0.472 e. The normalized spacial score (nSPS) is 20.7. The Morgan fingerprint density at radius 2 is 1.96 bits per heavy atom. The summed E-state index contributed by atoms with van der Waals surface area (Å²) in [7, 11) is 1.92. The Hall–Kier alpha value is -2.11. The van der Waals surface area contributed by atoms with Crippen molar-refractivity contribution in [1.29, 1.82) is 0 Å². The highest BCUT2D eigenvalue weighted by Crippen LogP contribution is 2.26. The van der Waals surface area contributed by atoms with Crippen LogP contribution in [0.4, 0.5) is 0 Å². The lowest BCUT2D eigenvalue weighted by atomic mass is 9.90. The van der Waals surface area contributed by atoms with Crippen LogP contribution < -0.4 is 0 Å². The predicted octanol–water partition coefficient (Wildman–Crippen LogP) is 3.39. The van der Waals surface area contributed by atoms with E-state index in [9.17, 15) is 9.90 Å². The summed E-state index contributed by atoms with van der Waals surface area (Å²) in [6.45, 7) is 6.54. The first kappa shape index (κ1) is 19.6. The molecule has 0 radical (unpaired) electrons. The topological polar surface area (TPSA) is 56.9 Å². The van der Waals surface area contributed by atoms with E-state index in [2.05, 4.69) is 38.1 Å². The maximum absolute atomic E-state index is 13.0. The Kier molecular flexibility index (Phi) is 6.02. The van der Waals surface area contributed by atoms with Crippen molar-refractivity contribution in [3.8, 4) is 0 Å². The molecule has 0 spiro atoms. The van der Waals surface area contributed by atoms with E-state index >= 15 is 0 Å². The molecule has 0 unspecified atom stereocenters. The van der Waals surface area contributed by atoms with Crippen molar-refractivity contribution in [3.05, 3.63) is 59.5 Å². The molecule has 1 aromatic heterocycles. The van der Waals surface area contributed by atoms with Crippen molar-refractivity contribution < 1.29 is 14.3 Å². The predicted molar refractivity (Wildman–Crippen MR) is 105 cm³/mol. The second-order valence-corrected chi connectivity index (χ2v) is 8.06. The van der Waals surface area contributed by atoms with Crippen molar-refractivity contribution in [2.75, 3.05) is 20.1 Å². The van der Waals surface area contributed by atoms with Crippen LogP contribution in [0, 0.1) is 0 Å².